The van der Waals surface area contributed by atoms with E-state index in [4.69, 9.17) is 5.11 Å². The van der Waals surface area contributed by atoms with Crippen LogP contribution in [0.4, 0.5) is 13.2 Å². The van der Waals surface area contributed by atoms with Crippen LogP contribution in [0.5, 0.6) is 0 Å². The van der Waals surface area contributed by atoms with Crippen LogP contribution < -0.4 is 5.32 Å². The van der Waals surface area contributed by atoms with Crippen LogP contribution in [0.25, 0.3) is 0 Å². The Labute approximate surface area is 71.7 Å². The molecule has 13 heavy (non-hydrogen) atoms. The van der Waals surface area contributed by atoms with E-state index in [9.17, 15) is 22.8 Å². The van der Waals surface area contributed by atoms with Gasteiger partial charge in [-0.05, 0) is 0 Å². The summed E-state index contributed by atoms with van der Waals surface area (Å²) in [4.78, 5) is 20.3. The molecule has 1 amide bonds. The normalized spacial score (nSPS) is 13.5. The molecule has 0 saturated heterocycles. The molecule has 0 rings (SSSR count). The molecule has 0 bridgehead atoms. The largest absolute Gasteiger partial charge is 0.481 e. The molecule has 1 atom stereocenters. The van der Waals surface area contributed by atoms with Crippen LogP contribution in [0.1, 0.15) is 6.92 Å². The first-order chi connectivity index (χ1) is 5.75. The van der Waals surface area contributed by atoms with Crippen LogP contribution in [0.15, 0.2) is 0 Å². The van der Waals surface area contributed by atoms with Crippen molar-refractivity contribution in [2.45, 2.75) is 13.1 Å². The van der Waals surface area contributed by atoms with Crippen molar-refractivity contribution in [3.05, 3.63) is 0 Å². The molecule has 0 aromatic heterocycles. The molecule has 0 heterocycles. The molecule has 1 unspecified atom stereocenters. The predicted octanol–water partition coefficient (Wildman–Crippen LogP) is 0.386. The minimum Gasteiger partial charge on any atom is -0.481 e. The molecular weight excluding hydrogens is 191 g/mol. The topological polar surface area (TPSA) is 66.4 Å². The third-order valence-electron chi connectivity index (χ3n) is 1.25. The molecular formula is C6H8F3NO3. The zero-order chi connectivity index (χ0) is 10.6. The second-order valence-corrected chi connectivity index (χ2v) is 2.45. The average Bonchev–Trinajstić information content (AvgIpc) is 1.97. The molecule has 76 valence electrons. The van der Waals surface area contributed by atoms with Crippen LogP contribution in [-0.2, 0) is 9.59 Å². The van der Waals surface area contributed by atoms with Gasteiger partial charge in [0.25, 0.3) is 0 Å². The summed E-state index contributed by atoms with van der Waals surface area (Å²) in [6.07, 6.45) is -4.96. The van der Waals surface area contributed by atoms with Gasteiger partial charge in [0.2, 0.25) is 0 Å². The fourth-order valence-electron chi connectivity index (χ4n) is 0.433. The summed E-state index contributed by atoms with van der Waals surface area (Å²) in [6.45, 7) is 0.659. The number of rotatable bonds is 3. The maximum Gasteiger partial charge on any atom is 0.471 e. The lowest BCUT2D eigenvalue weighted by Crippen LogP contribution is -2.40. The van der Waals surface area contributed by atoms with Gasteiger partial charge < -0.3 is 10.4 Å². The number of alkyl halides is 3. The third kappa shape index (κ3) is 4.34. The molecule has 0 fully saturated rings. The maximum absolute atomic E-state index is 11.5. The molecule has 2 N–H and O–H groups in total. The Morgan fingerprint density at radius 2 is 1.92 bits per heavy atom. The molecule has 0 aliphatic heterocycles. The number of carboxylic acids is 1. The maximum atomic E-state index is 11.5. The van der Waals surface area contributed by atoms with Gasteiger partial charge in [-0.15, -0.1) is 0 Å². The van der Waals surface area contributed by atoms with Crippen molar-refractivity contribution in [2.24, 2.45) is 5.92 Å². The van der Waals surface area contributed by atoms with Crippen molar-refractivity contribution < 1.29 is 27.9 Å². The van der Waals surface area contributed by atoms with Gasteiger partial charge in [-0.3, -0.25) is 9.59 Å². The number of carbonyl (C=O) groups excluding carboxylic acids is 1. The van der Waals surface area contributed by atoms with Crippen molar-refractivity contribution in [3.63, 3.8) is 0 Å². The summed E-state index contributed by atoms with van der Waals surface area (Å²) in [5, 5.41) is 9.72. The van der Waals surface area contributed by atoms with Crippen LogP contribution >= 0.6 is 0 Å². The highest BCUT2D eigenvalue weighted by Crippen LogP contribution is 2.14. The summed E-state index contributed by atoms with van der Waals surface area (Å²) >= 11 is 0. The molecule has 0 aromatic carbocycles. The minimum absolute atomic E-state index is 0.534. The van der Waals surface area contributed by atoms with Crippen LogP contribution in [-0.4, -0.2) is 29.7 Å². The highest BCUT2D eigenvalue weighted by molar-refractivity contribution is 5.82. The smallest absolute Gasteiger partial charge is 0.471 e. The molecule has 0 saturated carbocycles. The van der Waals surface area contributed by atoms with Crippen molar-refractivity contribution in [2.75, 3.05) is 6.54 Å². The van der Waals surface area contributed by atoms with Gasteiger partial charge in [0.1, 0.15) is 0 Å². The van der Waals surface area contributed by atoms with E-state index < -0.39 is 30.5 Å². The van der Waals surface area contributed by atoms with Crippen molar-refractivity contribution in [3.8, 4) is 0 Å². The summed E-state index contributed by atoms with van der Waals surface area (Å²) in [6, 6.07) is 0. The monoisotopic (exact) mass is 199 g/mol. The van der Waals surface area contributed by atoms with Crippen molar-refractivity contribution in [1.82, 2.24) is 5.32 Å². The lowest BCUT2D eigenvalue weighted by Gasteiger charge is -2.09. The first-order valence-corrected chi connectivity index (χ1v) is 3.33. The number of nitrogens with one attached hydrogen (secondary N) is 1. The standard InChI is InChI=1S/C6H8F3NO3/c1-3(4(11)12)2-10-5(13)6(7,8)9/h3H,2H2,1H3,(H,10,13)(H,11,12). The van der Waals surface area contributed by atoms with E-state index in [0.29, 0.717) is 0 Å². The Morgan fingerprint density at radius 3 is 2.23 bits per heavy atom. The molecule has 0 spiro atoms. The average molecular weight is 199 g/mol. The van der Waals surface area contributed by atoms with Crippen LogP contribution in [0.3, 0.4) is 0 Å². The molecule has 0 aliphatic carbocycles. The van der Waals surface area contributed by atoms with E-state index in [0.717, 1.165) is 0 Å². The summed E-state index contributed by atoms with van der Waals surface area (Å²) in [5.74, 6) is -4.42. The third-order valence-corrected chi connectivity index (χ3v) is 1.25. The Kier molecular flexibility index (Phi) is 3.70. The van der Waals surface area contributed by atoms with E-state index in [1.54, 1.807) is 0 Å². The number of carboxylic acid groups (broad SMARTS) is 1. The number of hydrogen-bond acceptors (Lipinski definition) is 2. The van der Waals surface area contributed by atoms with Gasteiger partial charge in [0.05, 0.1) is 5.92 Å². The SMILES string of the molecule is CC(CNC(=O)C(F)(F)F)C(=O)O. The Morgan fingerprint density at radius 1 is 1.46 bits per heavy atom. The van der Waals surface area contributed by atoms with Gasteiger partial charge in [-0.2, -0.15) is 13.2 Å². The van der Waals surface area contributed by atoms with Gasteiger partial charge in [-0.1, -0.05) is 6.92 Å². The second-order valence-electron chi connectivity index (χ2n) is 2.45. The Balaban J connectivity index is 3.91. The summed E-state index contributed by atoms with van der Waals surface area (Å²) in [7, 11) is 0. The Bertz CT molecular complexity index is 214. The number of hydrogen-bond donors (Lipinski definition) is 2. The fraction of sp³-hybridized carbons (Fsp3) is 0.667. The molecule has 7 heteroatoms. The van der Waals surface area contributed by atoms with Gasteiger partial charge in [0.15, 0.2) is 0 Å². The second kappa shape index (κ2) is 4.11. The van der Waals surface area contributed by atoms with Gasteiger partial charge in [0, 0.05) is 6.54 Å². The van der Waals surface area contributed by atoms with E-state index in [2.05, 4.69) is 0 Å². The molecule has 0 radical (unpaired) electrons. The summed E-state index contributed by atoms with van der Waals surface area (Å²) in [5.41, 5.74) is 0. The molecule has 4 nitrogen and oxygen atoms in total. The summed E-state index contributed by atoms with van der Waals surface area (Å²) < 4.78 is 34.6. The van der Waals surface area contributed by atoms with Gasteiger partial charge >= 0.3 is 18.1 Å². The number of carbonyl (C=O) groups is 2. The highest BCUT2D eigenvalue weighted by atomic mass is 19.4. The lowest BCUT2D eigenvalue weighted by atomic mass is 10.2. The number of halogens is 3. The number of aliphatic carboxylic acids is 1. The predicted molar refractivity (Wildman–Crippen MR) is 35.9 cm³/mol. The van der Waals surface area contributed by atoms with Crippen molar-refractivity contribution >= 4 is 11.9 Å². The molecule has 0 aromatic rings. The van der Waals surface area contributed by atoms with E-state index in [1.807, 2.05) is 0 Å². The van der Waals surface area contributed by atoms with E-state index >= 15 is 0 Å². The number of amides is 1. The zero-order valence-electron chi connectivity index (χ0n) is 6.68. The van der Waals surface area contributed by atoms with Crippen LogP contribution in [0, 0.1) is 5.92 Å². The van der Waals surface area contributed by atoms with Crippen molar-refractivity contribution in [1.29, 1.82) is 0 Å². The minimum atomic E-state index is -4.96. The lowest BCUT2D eigenvalue weighted by molar-refractivity contribution is -0.173. The quantitative estimate of drug-likeness (QED) is 0.690. The van der Waals surface area contributed by atoms with E-state index in [1.165, 1.54) is 12.2 Å². The fourth-order valence-corrected chi connectivity index (χ4v) is 0.433. The molecule has 0 aliphatic rings. The first kappa shape index (κ1) is 11.7. The van der Waals surface area contributed by atoms with Gasteiger partial charge in [-0.25, -0.2) is 0 Å². The van der Waals surface area contributed by atoms with E-state index in [-0.39, 0.29) is 0 Å². The highest BCUT2D eigenvalue weighted by Gasteiger charge is 2.38. The zero-order valence-corrected chi connectivity index (χ0v) is 6.68. The Hall–Kier alpha value is -1.27. The first-order valence-electron chi connectivity index (χ1n) is 3.33. The van der Waals surface area contributed by atoms with Crippen LogP contribution in [0.2, 0.25) is 0 Å².